The number of aromatic nitrogens is 1. The third-order valence-electron chi connectivity index (χ3n) is 5.72. The van der Waals surface area contributed by atoms with Gasteiger partial charge < -0.3 is 15.0 Å². The molecule has 3 N–H and O–H groups in total. The van der Waals surface area contributed by atoms with Gasteiger partial charge in [0.05, 0.1) is 23.8 Å². The van der Waals surface area contributed by atoms with E-state index in [0.29, 0.717) is 12.1 Å². The van der Waals surface area contributed by atoms with E-state index in [9.17, 15) is 10.1 Å². The van der Waals surface area contributed by atoms with Crippen LogP contribution in [0.4, 0.5) is 5.69 Å². The Morgan fingerprint density at radius 2 is 2.07 bits per heavy atom. The Labute approximate surface area is 164 Å². The van der Waals surface area contributed by atoms with Crippen molar-refractivity contribution in [2.45, 2.75) is 44.7 Å². The lowest BCUT2D eigenvalue weighted by Gasteiger charge is -2.24. The Balaban J connectivity index is 1.53. The standard InChI is InChI=1S/C22H25N3O3/c1-14(12-15-6-9-17(28-2)10-7-15)23-21-5-3-4-18-19-13-16(25(26)27)8-11-20(19)24-22(18)21/h6-11,13-14,21,23-24H,3-5,12H2,1-2H3/p+1/t14-,21+/m0/s1. The molecule has 0 unspecified atom stereocenters. The predicted octanol–water partition coefficient (Wildman–Crippen LogP) is 3.66. The maximum absolute atomic E-state index is 11.1. The lowest BCUT2D eigenvalue weighted by molar-refractivity contribution is -0.726. The van der Waals surface area contributed by atoms with E-state index >= 15 is 0 Å². The van der Waals surface area contributed by atoms with Gasteiger partial charge in [-0.1, -0.05) is 12.1 Å². The number of nitrogens with one attached hydrogen (secondary N) is 1. The summed E-state index contributed by atoms with van der Waals surface area (Å²) >= 11 is 0. The monoisotopic (exact) mass is 380 g/mol. The number of methoxy groups -OCH3 is 1. The molecule has 0 saturated heterocycles. The van der Waals surface area contributed by atoms with Crippen LogP contribution in [-0.4, -0.2) is 23.1 Å². The van der Waals surface area contributed by atoms with Gasteiger partial charge in [0.25, 0.3) is 5.69 Å². The first kappa shape index (κ1) is 18.5. The van der Waals surface area contributed by atoms with Crippen LogP contribution >= 0.6 is 0 Å². The molecule has 1 heterocycles. The van der Waals surface area contributed by atoms with Gasteiger partial charge in [-0.2, -0.15) is 0 Å². The van der Waals surface area contributed by atoms with E-state index in [4.69, 9.17) is 4.74 Å². The molecule has 0 spiro atoms. The van der Waals surface area contributed by atoms with Crippen LogP contribution in [0.3, 0.4) is 0 Å². The van der Waals surface area contributed by atoms with Gasteiger partial charge in [0.1, 0.15) is 11.8 Å². The van der Waals surface area contributed by atoms with Crippen LogP contribution < -0.4 is 10.1 Å². The average Bonchev–Trinajstić information content (AvgIpc) is 3.07. The lowest BCUT2D eigenvalue weighted by atomic mass is 9.91. The highest BCUT2D eigenvalue weighted by molar-refractivity contribution is 5.87. The molecule has 0 aliphatic heterocycles. The van der Waals surface area contributed by atoms with Gasteiger partial charge in [0.15, 0.2) is 0 Å². The minimum Gasteiger partial charge on any atom is -0.497 e. The second kappa shape index (κ2) is 7.64. The molecule has 2 atom stereocenters. The number of fused-ring (bicyclic) bond motifs is 3. The molecule has 2 aromatic carbocycles. The zero-order valence-corrected chi connectivity index (χ0v) is 16.3. The van der Waals surface area contributed by atoms with Crippen molar-refractivity contribution in [3.63, 3.8) is 0 Å². The first-order valence-corrected chi connectivity index (χ1v) is 9.82. The third-order valence-corrected chi connectivity index (χ3v) is 5.72. The quantitative estimate of drug-likeness (QED) is 0.506. The smallest absolute Gasteiger partial charge is 0.270 e. The molecule has 6 nitrogen and oxygen atoms in total. The highest BCUT2D eigenvalue weighted by Crippen LogP contribution is 2.34. The van der Waals surface area contributed by atoms with Crippen LogP contribution in [0.5, 0.6) is 5.75 Å². The van der Waals surface area contributed by atoms with Gasteiger partial charge in [-0.15, -0.1) is 0 Å². The molecule has 0 bridgehead atoms. The van der Waals surface area contributed by atoms with Crippen molar-refractivity contribution in [3.05, 3.63) is 69.4 Å². The fraction of sp³-hybridized carbons (Fsp3) is 0.364. The predicted molar refractivity (Wildman–Crippen MR) is 109 cm³/mol. The summed E-state index contributed by atoms with van der Waals surface area (Å²) in [5.41, 5.74) is 4.95. The summed E-state index contributed by atoms with van der Waals surface area (Å²) in [6.07, 6.45) is 4.20. The number of nitrogens with two attached hydrogens (primary N) is 1. The number of benzene rings is 2. The largest absolute Gasteiger partial charge is 0.497 e. The average molecular weight is 380 g/mol. The van der Waals surface area contributed by atoms with E-state index in [1.165, 1.54) is 16.8 Å². The Morgan fingerprint density at radius 1 is 1.29 bits per heavy atom. The van der Waals surface area contributed by atoms with Crippen LogP contribution in [-0.2, 0) is 12.8 Å². The highest BCUT2D eigenvalue weighted by Gasteiger charge is 2.28. The fourth-order valence-electron chi connectivity index (χ4n) is 4.39. The molecule has 28 heavy (non-hydrogen) atoms. The number of nitro benzene ring substituents is 1. The Kier molecular flexibility index (Phi) is 5.05. The van der Waals surface area contributed by atoms with Crippen molar-refractivity contribution >= 4 is 16.6 Å². The molecular formula is C22H26N3O3+. The molecule has 0 saturated carbocycles. The molecule has 0 radical (unpaired) electrons. The van der Waals surface area contributed by atoms with Gasteiger partial charge in [0.2, 0.25) is 0 Å². The zero-order chi connectivity index (χ0) is 19.7. The van der Waals surface area contributed by atoms with Gasteiger partial charge in [-0.25, -0.2) is 0 Å². The van der Waals surface area contributed by atoms with E-state index in [-0.39, 0.29) is 10.6 Å². The summed E-state index contributed by atoms with van der Waals surface area (Å²) < 4.78 is 5.23. The molecule has 0 fully saturated rings. The Bertz CT molecular complexity index is 994. The molecule has 3 aromatic rings. The third kappa shape index (κ3) is 3.60. The number of ether oxygens (including phenoxy) is 1. The molecule has 1 aliphatic carbocycles. The summed E-state index contributed by atoms with van der Waals surface area (Å²) in [7, 11) is 1.68. The summed E-state index contributed by atoms with van der Waals surface area (Å²) in [4.78, 5) is 14.4. The number of hydrogen-bond acceptors (Lipinski definition) is 3. The number of rotatable bonds is 6. The number of nitrogens with zero attached hydrogens (tertiary/aromatic N) is 1. The topological polar surface area (TPSA) is 84.8 Å². The van der Waals surface area contributed by atoms with E-state index in [2.05, 4.69) is 29.4 Å². The normalized spacial score (nSPS) is 17.3. The number of aromatic amines is 1. The van der Waals surface area contributed by atoms with Gasteiger partial charge in [-0.3, -0.25) is 10.1 Å². The van der Waals surface area contributed by atoms with Gasteiger partial charge in [0, 0.05) is 35.9 Å². The van der Waals surface area contributed by atoms with E-state index in [0.717, 1.165) is 42.3 Å². The summed E-state index contributed by atoms with van der Waals surface area (Å²) in [5.74, 6) is 0.879. The number of hydrogen-bond donors (Lipinski definition) is 2. The van der Waals surface area contributed by atoms with Gasteiger partial charge >= 0.3 is 0 Å². The number of H-pyrrole nitrogens is 1. The summed E-state index contributed by atoms with van der Waals surface area (Å²) in [6.45, 7) is 2.26. The van der Waals surface area contributed by atoms with Crippen molar-refractivity contribution in [2.24, 2.45) is 0 Å². The maximum atomic E-state index is 11.1. The minimum absolute atomic E-state index is 0.160. The number of nitro groups is 1. The fourth-order valence-corrected chi connectivity index (χ4v) is 4.39. The maximum Gasteiger partial charge on any atom is 0.270 e. The number of non-ortho nitro benzene ring substituents is 1. The molecule has 6 heteroatoms. The van der Waals surface area contributed by atoms with Crippen molar-refractivity contribution < 1.29 is 15.0 Å². The zero-order valence-electron chi connectivity index (χ0n) is 16.3. The first-order chi connectivity index (χ1) is 13.5. The SMILES string of the molecule is COc1ccc(C[C@H](C)[NH2+][C@@H]2CCCc3c2[nH]c2ccc([N+](=O)[O-])cc32)cc1. The van der Waals surface area contributed by atoms with Crippen molar-refractivity contribution in [1.29, 1.82) is 0 Å². The number of quaternary nitrogens is 1. The highest BCUT2D eigenvalue weighted by atomic mass is 16.6. The van der Waals surface area contributed by atoms with Crippen LogP contribution in [0.2, 0.25) is 0 Å². The van der Waals surface area contributed by atoms with Crippen molar-refractivity contribution in [1.82, 2.24) is 4.98 Å². The number of aryl methyl sites for hydroxylation is 1. The molecule has 146 valence electrons. The van der Waals surface area contributed by atoms with Gasteiger partial charge in [-0.05, 0) is 49.1 Å². The first-order valence-electron chi connectivity index (χ1n) is 9.82. The van der Waals surface area contributed by atoms with Crippen LogP contribution in [0.25, 0.3) is 10.9 Å². The Morgan fingerprint density at radius 3 is 2.79 bits per heavy atom. The second-order valence-corrected chi connectivity index (χ2v) is 7.72. The van der Waals surface area contributed by atoms with E-state index < -0.39 is 0 Å². The van der Waals surface area contributed by atoms with Crippen molar-refractivity contribution in [2.75, 3.05) is 7.11 Å². The summed E-state index contributed by atoms with van der Waals surface area (Å²) in [6, 6.07) is 14.2. The molecule has 1 aliphatic rings. The lowest BCUT2D eigenvalue weighted by Crippen LogP contribution is -2.90. The Hall–Kier alpha value is -2.86. The van der Waals surface area contributed by atoms with Crippen LogP contribution in [0, 0.1) is 10.1 Å². The second-order valence-electron chi connectivity index (χ2n) is 7.72. The molecule has 1 aromatic heterocycles. The van der Waals surface area contributed by atoms with Crippen LogP contribution in [0.15, 0.2) is 42.5 Å². The molecular weight excluding hydrogens is 354 g/mol. The molecule has 0 amide bonds. The minimum atomic E-state index is -0.317. The van der Waals surface area contributed by atoms with E-state index in [1.54, 1.807) is 19.2 Å². The molecule has 4 rings (SSSR count). The van der Waals surface area contributed by atoms with Crippen molar-refractivity contribution in [3.8, 4) is 5.75 Å². The van der Waals surface area contributed by atoms with Crippen LogP contribution in [0.1, 0.15) is 42.6 Å². The summed E-state index contributed by atoms with van der Waals surface area (Å²) in [5, 5.41) is 14.6. The van der Waals surface area contributed by atoms with E-state index in [1.807, 2.05) is 18.2 Å².